The van der Waals surface area contributed by atoms with E-state index < -0.39 is 0 Å². The highest BCUT2D eigenvalue weighted by Gasteiger charge is 2.24. The van der Waals surface area contributed by atoms with E-state index in [1.165, 1.54) is 11.1 Å². The zero-order valence-corrected chi connectivity index (χ0v) is 11.1. The van der Waals surface area contributed by atoms with Gasteiger partial charge in [0.05, 0.1) is 6.61 Å². The van der Waals surface area contributed by atoms with Gasteiger partial charge in [0.25, 0.3) is 0 Å². The zero-order valence-electron chi connectivity index (χ0n) is 11.1. The van der Waals surface area contributed by atoms with Crippen molar-refractivity contribution in [2.75, 3.05) is 13.2 Å². The standard InChI is InChI=1S/C17H18O2/c1-13(14-7-3-2-4-8-14)16-9-5-6-10-17(16)19-12-15-11-18-15/h2-10,13,15H,11-12H2,1H3. The van der Waals surface area contributed by atoms with Crippen molar-refractivity contribution in [2.45, 2.75) is 18.9 Å². The summed E-state index contributed by atoms with van der Waals surface area (Å²) >= 11 is 0. The minimum Gasteiger partial charge on any atom is -0.490 e. The lowest BCUT2D eigenvalue weighted by molar-refractivity contribution is 0.260. The summed E-state index contributed by atoms with van der Waals surface area (Å²) in [5.41, 5.74) is 2.54. The molecule has 1 aliphatic heterocycles. The van der Waals surface area contributed by atoms with E-state index in [1.807, 2.05) is 18.2 Å². The van der Waals surface area contributed by atoms with Crippen molar-refractivity contribution in [3.63, 3.8) is 0 Å². The van der Waals surface area contributed by atoms with Gasteiger partial charge in [-0.15, -0.1) is 0 Å². The smallest absolute Gasteiger partial charge is 0.123 e. The van der Waals surface area contributed by atoms with Crippen molar-refractivity contribution in [1.29, 1.82) is 0 Å². The molecular formula is C17H18O2. The van der Waals surface area contributed by atoms with Crippen LogP contribution in [0.5, 0.6) is 5.75 Å². The summed E-state index contributed by atoms with van der Waals surface area (Å²) in [6, 6.07) is 18.8. The third-order valence-corrected chi connectivity index (χ3v) is 3.51. The number of benzene rings is 2. The molecule has 2 aromatic rings. The monoisotopic (exact) mass is 254 g/mol. The maximum Gasteiger partial charge on any atom is 0.123 e. The molecule has 1 fully saturated rings. The van der Waals surface area contributed by atoms with E-state index in [9.17, 15) is 0 Å². The van der Waals surface area contributed by atoms with Crippen LogP contribution in [-0.4, -0.2) is 19.3 Å². The molecular weight excluding hydrogens is 236 g/mol. The second-order valence-electron chi connectivity index (χ2n) is 4.94. The molecule has 0 radical (unpaired) electrons. The van der Waals surface area contributed by atoms with E-state index in [2.05, 4.69) is 43.3 Å². The van der Waals surface area contributed by atoms with Gasteiger partial charge in [0.1, 0.15) is 18.5 Å². The average Bonchev–Trinajstić information content (AvgIpc) is 3.30. The summed E-state index contributed by atoms with van der Waals surface area (Å²) in [7, 11) is 0. The molecule has 98 valence electrons. The Bertz CT molecular complexity index is 532. The number of rotatable bonds is 5. The Morgan fingerprint density at radius 2 is 1.79 bits per heavy atom. The molecule has 3 rings (SSSR count). The molecule has 0 bridgehead atoms. The summed E-state index contributed by atoms with van der Waals surface area (Å²) in [6.07, 6.45) is 0.292. The second kappa shape index (κ2) is 5.45. The first-order valence-corrected chi connectivity index (χ1v) is 6.73. The molecule has 2 heteroatoms. The molecule has 1 heterocycles. The highest BCUT2D eigenvalue weighted by Crippen LogP contribution is 2.31. The van der Waals surface area contributed by atoms with Crippen molar-refractivity contribution in [2.24, 2.45) is 0 Å². The minimum absolute atomic E-state index is 0.292. The molecule has 2 unspecified atom stereocenters. The van der Waals surface area contributed by atoms with Crippen LogP contribution < -0.4 is 4.74 Å². The van der Waals surface area contributed by atoms with Crippen molar-refractivity contribution in [3.05, 3.63) is 65.7 Å². The molecule has 0 N–H and O–H groups in total. The van der Waals surface area contributed by atoms with E-state index in [0.717, 1.165) is 12.4 Å². The van der Waals surface area contributed by atoms with Gasteiger partial charge in [-0.1, -0.05) is 55.5 Å². The molecule has 0 amide bonds. The predicted octanol–water partition coefficient (Wildman–Crippen LogP) is 3.62. The van der Waals surface area contributed by atoms with Gasteiger partial charge in [-0.05, 0) is 11.6 Å². The number of epoxide rings is 1. The lowest BCUT2D eigenvalue weighted by Crippen LogP contribution is -2.07. The quantitative estimate of drug-likeness (QED) is 0.760. The van der Waals surface area contributed by atoms with Crippen LogP contribution in [0.25, 0.3) is 0 Å². The number of ether oxygens (including phenoxy) is 2. The van der Waals surface area contributed by atoms with E-state index in [4.69, 9.17) is 9.47 Å². The van der Waals surface area contributed by atoms with E-state index in [1.54, 1.807) is 0 Å². The fraction of sp³-hybridized carbons (Fsp3) is 0.294. The molecule has 1 saturated heterocycles. The van der Waals surface area contributed by atoms with Gasteiger partial charge < -0.3 is 9.47 Å². The Morgan fingerprint density at radius 1 is 1.11 bits per heavy atom. The fourth-order valence-corrected chi connectivity index (χ4v) is 2.24. The lowest BCUT2D eigenvalue weighted by Gasteiger charge is -2.17. The van der Waals surface area contributed by atoms with E-state index in [-0.39, 0.29) is 0 Å². The molecule has 0 aromatic heterocycles. The molecule has 0 saturated carbocycles. The van der Waals surface area contributed by atoms with Gasteiger partial charge in [-0.25, -0.2) is 0 Å². The van der Waals surface area contributed by atoms with Gasteiger partial charge in [0.2, 0.25) is 0 Å². The van der Waals surface area contributed by atoms with Crippen LogP contribution >= 0.6 is 0 Å². The maximum absolute atomic E-state index is 5.88. The van der Waals surface area contributed by atoms with Crippen LogP contribution in [-0.2, 0) is 4.74 Å². The van der Waals surface area contributed by atoms with Crippen LogP contribution in [0.15, 0.2) is 54.6 Å². The van der Waals surface area contributed by atoms with Crippen molar-refractivity contribution >= 4 is 0 Å². The molecule has 2 aromatic carbocycles. The summed E-state index contributed by atoms with van der Waals surface area (Å²) in [5, 5.41) is 0. The largest absolute Gasteiger partial charge is 0.490 e. The highest BCUT2D eigenvalue weighted by atomic mass is 16.6. The number of hydrogen-bond acceptors (Lipinski definition) is 2. The minimum atomic E-state index is 0.292. The molecule has 2 atom stereocenters. The summed E-state index contributed by atoms with van der Waals surface area (Å²) in [6.45, 7) is 3.69. The molecule has 1 aliphatic rings. The molecule has 0 spiro atoms. The zero-order chi connectivity index (χ0) is 13.1. The van der Waals surface area contributed by atoms with E-state index >= 15 is 0 Å². The number of para-hydroxylation sites is 1. The third-order valence-electron chi connectivity index (χ3n) is 3.51. The van der Waals surface area contributed by atoms with Gasteiger partial charge in [-0.3, -0.25) is 0 Å². The summed E-state index contributed by atoms with van der Waals surface area (Å²) in [5.74, 6) is 1.30. The highest BCUT2D eigenvalue weighted by molar-refractivity contribution is 5.41. The third kappa shape index (κ3) is 2.96. The SMILES string of the molecule is CC(c1ccccc1)c1ccccc1OCC1CO1. The van der Waals surface area contributed by atoms with Crippen LogP contribution in [0.2, 0.25) is 0 Å². The second-order valence-corrected chi connectivity index (χ2v) is 4.94. The van der Waals surface area contributed by atoms with Gasteiger partial charge in [0, 0.05) is 11.5 Å². The van der Waals surface area contributed by atoms with Gasteiger partial charge in [0.15, 0.2) is 0 Å². The van der Waals surface area contributed by atoms with Crippen LogP contribution in [0.3, 0.4) is 0 Å². The van der Waals surface area contributed by atoms with Crippen molar-refractivity contribution < 1.29 is 9.47 Å². The Morgan fingerprint density at radius 3 is 2.53 bits per heavy atom. The fourth-order valence-electron chi connectivity index (χ4n) is 2.24. The first-order chi connectivity index (χ1) is 9.34. The first-order valence-electron chi connectivity index (χ1n) is 6.73. The van der Waals surface area contributed by atoms with Gasteiger partial charge >= 0.3 is 0 Å². The molecule has 0 aliphatic carbocycles. The topological polar surface area (TPSA) is 21.8 Å². The summed E-state index contributed by atoms with van der Waals surface area (Å²) in [4.78, 5) is 0. The van der Waals surface area contributed by atoms with Gasteiger partial charge in [-0.2, -0.15) is 0 Å². The Labute approximate surface area is 114 Å². The normalized spacial score (nSPS) is 18.9. The Hall–Kier alpha value is -1.80. The average molecular weight is 254 g/mol. The van der Waals surface area contributed by atoms with E-state index in [0.29, 0.717) is 18.6 Å². The Kier molecular flexibility index (Phi) is 3.51. The first kappa shape index (κ1) is 12.2. The molecule has 2 nitrogen and oxygen atoms in total. The predicted molar refractivity (Wildman–Crippen MR) is 75.6 cm³/mol. The van der Waals surface area contributed by atoms with Crippen LogP contribution in [0.1, 0.15) is 24.0 Å². The summed E-state index contributed by atoms with van der Waals surface area (Å²) < 4.78 is 11.1. The Balaban J connectivity index is 1.82. The number of hydrogen-bond donors (Lipinski definition) is 0. The van der Waals surface area contributed by atoms with Crippen LogP contribution in [0, 0.1) is 0 Å². The maximum atomic E-state index is 5.88. The van der Waals surface area contributed by atoms with Crippen molar-refractivity contribution in [1.82, 2.24) is 0 Å². The molecule has 19 heavy (non-hydrogen) atoms. The van der Waals surface area contributed by atoms with Crippen molar-refractivity contribution in [3.8, 4) is 5.75 Å². The lowest BCUT2D eigenvalue weighted by atomic mass is 9.92. The van der Waals surface area contributed by atoms with Crippen LogP contribution in [0.4, 0.5) is 0 Å².